The molecule has 22 heavy (non-hydrogen) atoms. The summed E-state index contributed by atoms with van der Waals surface area (Å²) < 4.78 is 40.0. The van der Waals surface area contributed by atoms with Crippen LogP contribution in [0.5, 0.6) is 5.75 Å². The average Bonchev–Trinajstić information content (AvgIpc) is 2.95. The van der Waals surface area contributed by atoms with Crippen LogP contribution in [0.2, 0.25) is 0 Å². The number of nitrogens with two attached hydrogens (primary N) is 1. The number of hydrogen-bond donors (Lipinski definition) is 2. The zero-order valence-corrected chi connectivity index (χ0v) is 12.1. The van der Waals surface area contributed by atoms with Crippen molar-refractivity contribution in [2.45, 2.75) is 38.6 Å². The number of carbonyl (C=O) groups is 1. The van der Waals surface area contributed by atoms with Gasteiger partial charge >= 0.3 is 6.36 Å². The molecule has 2 rings (SSSR count). The third kappa shape index (κ3) is 4.13. The summed E-state index contributed by atoms with van der Waals surface area (Å²) in [7, 11) is 0. The number of amides is 1. The third-order valence-corrected chi connectivity index (χ3v) is 4.04. The fourth-order valence-electron chi connectivity index (χ4n) is 2.75. The molecule has 0 atom stereocenters. The zero-order valence-electron chi connectivity index (χ0n) is 12.1. The van der Waals surface area contributed by atoms with Crippen LogP contribution in [0.1, 0.15) is 31.2 Å². The van der Waals surface area contributed by atoms with Gasteiger partial charge in [0.2, 0.25) is 5.91 Å². The lowest BCUT2D eigenvalue weighted by Gasteiger charge is -2.25. The number of halogens is 3. The largest absolute Gasteiger partial charge is 0.573 e. The monoisotopic (exact) mass is 316 g/mol. The minimum atomic E-state index is -4.70. The maximum atomic E-state index is 12.3. The maximum Gasteiger partial charge on any atom is 0.573 e. The van der Waals surface area contributed by atoms with Gasteiger partial charge in [0.05, 0.1) is 5.41 Å². The molecule has 0 unspecified atom stereocenters. The Balaban J connectivity index is 1.90. The first kappa shape index (κ1) is 16.6. The number of rotatable bonds is 5. The van der Waals surface area contributed by atoms with Crippen LogP contribution in [0.15, 0.2) is 24.3 Å². The van der Waals surface area contributed by atoms with Crippen molar-refractivity contribution in [1.29, 1.82) is 0 Å². The predicted molar refractivity (Wildman–Crippen MR) is 74.9 cm³/mol. The standard InChI is InChI=1S/C15H19F3N2O2/c16-15(17,18)22-12-5-3-11(4-6-12)9-20-13(21)14(10-19)7-1-2-8-14/h3-6H,1-2,7-10,19H2,(H,20,21). The van der Waals surface area contributed by atoms with Gasteiger partial charge in [-0.25, -0.2) is 0 Å². The van der Waals surface area contributed by atoms with Gasteiger partial charge < -0.3 is 15.8 Å². The first-order valence-corrected chi connectivity index (χ1v) is 7.18. The Morgan fingerprint density at radius 3 is 2.32 bits per heavy atom. The summed E-state index contributed by atoms with van der Waals surface area (Å²) >= 11 is 0. The maximum absolute atomic E-state index is 12.3. The van der Waals surface area contributed by atoms with Crippen LogP contribution in [0.25, 0.3) is 0 Å². The number of nitrogens with one attached hydrogen (secondary N) is 1. The van der Waals surface area contributed by atoms with Crippen molar-refractivity contribution in [1.82, 2.24) is 5.32 Å². The Morgan fingerprint density at radius 2 is 1.82 bits per heavy atom. The van der Waals surface area contributed by atoms with Crippen LogP contribution in [-0.2, 0) is 11.3 Å². The second-order valence-corrected chi connectivity index (χ2v) is 5.57. The highest BCUT2D eigenvalue weighted by molar-refractivity contribution is 5.83. The highest BCUT2D eigenvalue weighted by atomic mass is 19.4. The van der Waals surface area contributed by atoms with Gasteiger partial charge in [-0.1, -0.05) is 25.0 Å². The summed E-state index contributed by atoms with van der Waals surface area (Å²) in [5.74, 6) is -0.361. The molecule has 0 radical (unpaired) electrons. The highest BCUT2D eigenvalue weighted by Crippen LogP contribution is 2.37. The average molecular weight is 316 g/mol. The van der Waals surface area contributed by atoms with E-state index in [9.17, 15) is 18.0 Å². The molecule has 1 aliphatic rings. The van der Waals surface area contributed by atoms with Gasteiger partial charge in [0.15, 0.2) is 0 Å². The normalized spacial score (nSPS) is 17.3. The Bertz CT molecular complexity index is 509. The van der Waals surface area contributed by atoms with Crippen LogP contribution in [0.3, 0.4) is 0 Å². The molecular formula is C15H19F3N2O2. The molecule has 1 aliphatic carbocycles. The van der Waals surface area contributed by atoms with Crippen molar-refractivity contribution in [3.63, 3.8) is 0 Å². The van der Waals surface area contributed by atoms with Crippen molar-refractivity contribution < 1.29 is 22.7 Å². The zero-order chi connectivity index (χ0) is 16.2. The molecule has 0 spiro atoms. The molecule has 1 saturated carbocycles. The molecule has 4 nitrogen and oxygen atoms in total. The van der Waals surface area contributed by atoms with E-state index in [0.29, 0.717) is 12.1 Å². The highest BCUT2D eigenvalue weighted by Gasteiger charge is 2.39. The summed E-state index contributed by atoms with van der Waals surface area (Å²) in [6, 6.07) is 5.43. The van der Waals surface area contributed by atoms with E-state index in [1.165, 1.54) is 24.3 Å². The van der Waals surface area contributed by atoms with Crippen molar-refractivity contribution in [2.24, 2.45) is 11.1 Å². The molecule has 0 saturated heterocycles. The van der Waals surface area contributed by atoms with Gasteiger partial charge in [-0.05, 0) is 30.5 Å². The van der Waals surface area contributed by atoms with E-state index in [-0.39, 0.29) is 18.2 Å². The molecule has 7 heteroatoms. The van der Waals surface area contributed by atoms with Crippen molar-refractivity contribution >= 4 is 5.91 Å². The van der Waals surface area contributed by atoms with Crippen molar-refractivity contribution in [3.8, 4) is 5.75 Å². The first-order valence-electron chi connectivity index (χ1n) is 7.18. The van der Waals surface area contributed by atoms with Crippen LogP contribution >= 0.6 is 0 Å². The summed E-state index contributed by atoms with van der Waals surface area (Å²) in [5, 5.41) is 2.82. The molecule has 0 aliphatic heterocycles. The SMILES string of the molecule is NCC1(C(=O)NCc2ccc(OC(F)(F)F)cc2)CCCC1. The van der Waals surface area contributed by atoms with Crippen LogP contribution in [0.4, 0.5) is 13.2 Å². The third-order valence-electron chi connectivity index (χ3n) is 4.04. The number of ether oxygens (including phenoxy) is 1. The van der Waals surface area contributed by atoms with Gasteiger partial charge in [-0.15, -0.1) is 13.2 Å². The molecule has 1 aromatic carbocycles. The lowest BCUT2D eigenvalue weighted by Crippen LogP contribution is -2.43. The van der Waals surface area contributed by atoms with E-state index in [1.54, 1.807) is 0 Å². The number of hydrogen-bond acceptors (Lipinski definition) is 3. The van der Waals surface area contributed by atoms with Crippen LogP contribution in [0, 0.1) is 5.41 Å². The molecular weight excluding hydrogens is 297 g/mol. The molecule has 1 fully saturated rings. The number of alkyl halides is 3. The van der Waals surface area contributed by atoms with Gasteiger partial charge in [-0.2, -0.15) is 0 Å². The van der Waals surface area contributed by atoms with Crippen LogP contribution in [-0.4, -0.2) is 18.8 Å². The second kappa shape index (κ2) is 6.56. The lowest BCUT2D eigenvalue weighted by molar-refractivity contribution is -0.274. The van der Waals surface area contributed by atoms with Gasteiger partial charge in [0, 0.05) is 13.1 Å². The summed E-state index contributed by atoms with van der Waals surface area (Å²) in [5.41, 5.74) is 5.95. The van der Waals surface area contributed by atoms with E-state index in [1.807, 2.05) is 0 Å². The molecule has 1 amide bonds. The molecule has 0 heterocycles. The molecule has 0 bridgehead atoms. The predicted octanol–water partition coefficient (Wildman–Crippen LogP) is 2.72. The minimum absolute atomic E-state index is 0.0804. The molecule has 3 N–H and O–H groups in total. The first-order chi connectivity index (χ1) is 10.3. The van der Waals surface area contributed by atoms with Gasteiger partial charge in [0.25, 0.3) is 0 Å². The summed E-state index contributed by atoms with van der Waals surface area (Å²) in [6.45, 7) is 0.573. The Kier molecular flexibility index (Phi) is 4.95. The van der Waals surface area contributed by atoms with Gasteiger partial charge in [-0.3, -0.25) is 4.79 Å². The second-order valence-electron chi connectivity index (χ2n) is 5.57. The summed E-state index contributed by atoms with van der Waals surface area (Å²) in [6.07, 6.45) is -1.14. The smallest absolute Gasteiger partial charge is 0.406 e. The number of benzene rings is 1. The molecule has 122 valence electrons. The molecule has 1 aromatic rings. The minimum Gasteiger partial charge on any atom is -0.406 e. The Hall–Kier alpha value is -1.76. The lowest BCUT2D eigenvalue weighted by atomic mass is 9.85. The van der Waals surface area contributed by atoms with Crippen LogP contribution < -0.4 is 15.8 Å². The quantitative estimate of drug-likeness (QED) is 0.878. The van der Waals surface area contributed by atoms with E-state index >= 15 is 0 Å². The molecule has 0 aromatic heterocycles. The van der Waals surface area contributed by atoms with E-state index in [4.69, 9.17) is 5.73 Å². The topological polar surface area (TPSA) is 64.4 Å². The van der Waals surface area contributed by atoms with Gasteiger partial charge in [0.1, 0.15) is 5.75 Å². The summed E-state index contributed by atoms with van der Waals surface area (Å²) in [4.78, 5) is 12.3. The number of carbonyl (C=O) groups excluding carboxylic acids is 1. The van der Waals surface area contributed by atoms with E-state index < -0.39 is 11.8 Å². The van der Waals surface area contributed by atoms with E-state index in [0.717, 1.165) is 25.7 Å². The Morgan fingerprint density at radius 1 is 1.23 bits per heavy atom. The van der Waals surface area contributed by atoms with E-state index in [2.05, 4.69) is 10.1 Å². The van der Waals surface area contributed by atoms with Crippen molar-refractivity contribution in [2.75, 3.05) is 6.54 Å². The van der Waals surface area contributed by atoms with Crippen molar-refractivity contribution in [3.05, 3.63) is 29.8 Å². The fourth-order valence-corrected chi connectivity index (χ4v) is 2.75. The Labute approximate surface area is 126 Å². The fraction of sp³-hybridized carbons (Fsp3) is 0.533.